The summed E-state index contributed by atoms with van der Waals surface area (Å²) < 4.78 is 0. The van der Waals surface area contributed by atoms with Crippen LogP contribution in [0.15, 0.2) is 42.6 Å². The van der Waals surface area contributed by atoms with Crippen LogP contribution >= 0.6 is 0 Å². The molecule has 1 aromatic carbocycles. The van der Waals surface area contributed by atoms with Crippen molar-refractivity contribution in [3.8, 4) is 6.07 Å². The third-order valence-electron chi connectivity index (χ3n) is 7.04. The Morgan fingerprint density at radius 2 is 1.93 bits per heavy atom. The van der Waals surface area contributed by atoms with Crippen LogP contribution in [0.25, 0.3) is 0 Å². The van der Waals surface area contributed by atoms with Crippen molar-refractivity contribution in [1.82, 2.24) is 14.8 Å². The van der Waals surface area contributed by atoms with Gasteiger partial charge in [0, 0.05) is 44.0 Å². The highest BCUT2D eigenvalue weighted by Gasteiger charge is 2.42. The summed E-state index contributed by atoms with van der Waals surface area (Å²) in [5.74, 6) is 1.17. The second-order valence-corrected chi connectivity index (χ2v) is 8.70. The number of fused-ring (bicyclic) bond motifs is 3. The van der Waals surface area contributed by atoms with Crippen molar-refractivity contribution in [3.63, 3.8) is 0 Å². The number of hydrogen-bond donors (Lipinski definition) is 0. The molecule has 3 aliphatic rings. The summed E-state index contributed by atoms with van der Waals surface area (Å²) in [5, 5.41) is 9.01. The number of nitriles is 1. The van der Waals surface area contributed by atoms with Crippen LogP contribution in [0, 0.1) is 11.3 Å². The summed E-state index contributed by atoms with van der Waals surface area (Å²) in [7, 11) is 0. The van der Waals surface area contributed by atoms with Gasteiger partial charge in [0.25, 0.3) is 0 Å². The molecule has 5 rings (SSSR count). The van der Waals surface area contributed by atoms with E-state index in [4.69, 9.17) is 5.26 Å². The molecule has 30 heavy (non-hydrogen) atoms. The van der Waals surface area contributed by atoms with Gasteiger partial charge in [-0.15, -0.1) is 0 Å². The first-order valence-corrected chi connectivity index (χ1v) is 10.9. The van der Waals surface area contributed by atoms with Gasteiger partial charge in [-0.25, -0.2) is 4.98 Å². The van der Waals surface area contributed by atoms with Crippen LogP contribution in [0.4, 0.5) is 5.82 Å². The van der Waals surface area contributed by atoms with E-state index in [1.807, 2.05) is 12.1 Å². The number of rotatable bonds is 3. The number of nitrogens with zero attached hydrogens (tertiary/aromatic N) is 5. The molecule has 154 valence electrons. The Morgan fingerprint density at radius 3 is 2.63 bits per heavy atom. The van der Waals surface area contributed by atoms with Gasteiger partial charge in [0.2, 0.25) is 5.91 Å². The van der Waals surface area contributed by atoms with E-state index in [2.05, 4.69) is 56.9 Å². The molecule has 4 heterocycles. The average molecular weight is 402 g/mol. The number of piperazine rings is 1. The van der Waals surface area contributed by atoms with Gasteiger partial charge >= 0.3 is 0 Å². The first-order valence-electron chi connectivity index (χ1n) is 10.9. The Morgan fingerprint density at radius 1 is 1.17 bits per heavy atom. The highest BCUT2D eigenvalue weighted by molar-refractivity contribution is 5.79. The van der Waals surface area contributed by atoms with Crippen molar-refractivity contribution in [2.45, 2.75) is 44.3 Å². The molecule has 2 saturated heterocycles. The normalized spacial score (nSPS) is 25.7. The van der Waals surface area contributed by atoms with Gasteiger partial charge in [-0.1, -0.05) is 24.3 Å². The van der Waals surface area contributed by atoms with Gasteiger partial charge in [-0.2, -0.15) is 5.26 Å². The van der Waals surface area contributed by atoms with Gasteiger partial charge in [-0.05, 0) is 49.4 Å². The second kappa shape index (κ2) is 7.73. The predicted molar refractivity (Wildman–Crippen MR) is 115 cm³/mol. The predicted octanol–water partition coefficient (Wildman–Crippen LogP) is 2.75. The molecule has 0 aliphatic carbocycles. The standard InChI is InChI=1S/C24H27N5O/c1-17-22-5-3-2-4-19(22)10-11-27(17)16-24(30)28-14-20-7-8-21(15-28)29(20)23-9-6-18(12-25)13-26-23/h2-6,9,13,17,20-21H,7-8,10-11,14-16H2,1H3. The van der Waals surface area contributed by atoms with E-state index in [0.717, 1.165) is 44.7 Å². The minimum atomic E-state index is 0.241. The smallest absolute Gasteiger partial charge is 0.236 e. The van der Waals surface area contributed by atoms with Crippen LogP contribution in [0.5, 0.6) is 0 Å². The monoisotopic (exact) mass is 401 g/mol. The van der Waals surface area contributed by atoms with E-state index in [1.165, 1.54) is 11.1 Å². The fourth-order valence-electron chi connectivity index (χ4n) is 5.40. The largest absolute Gasteiger partial charge is 0.347 e. The summed E-state index contributed by atoms with van der Waals surface area (Å²) in [5.41, 5.74) is 3.35. The Bertz CT molecular complexity index is 968. The number of amides is 1. The molecule has 1 aromatic heterocycles. The number of carbonyl (C=O) groups is 1. The third kappa shape index (κ3) is 3.33. The topological polar surface area (TPSA) is 63.5 Å². The summed E-state index contributed by atoms with van der Waals surface area (Å²) in [6.07, 6.45) is 4.83. The minimum absolute atomic E-state index is 0.241. The van der Waals surface area contributed by atoms with Crippen LogP contribution < -0.4 is 4.90 Å². The third-order valence-corrected chi connectivity index (χ3v) is 7.04. The lowest BCUT2D eigenvalue weighted by Gasteiger charge is -2.43. The van der Waals surface area contributed by atoms with Crippen molar-refractivity contribution >= 4 is 11.7 Å². The van der Waals surface area contributed by atoms with E-state index < -0.39 is 0 Å². The van der Waals surface area contributed by atoms with Crippen molar-refractivity contribution in [3.05, 3.63) is 59.3 Å². The molecule has 3 aliphatic heterocycles. The van der Waals surface area contributed by atoms with E-state index >= 15 is 0 Å². The molecule has 2 fully saturated rings. The molecule has 2 aromatic rings. The fraction of sp³-hybridized carbons (Fsp3) is 0.458. The van der Waals surface area contributed by atoms with Gasteiger partial charge in [-0.3, -0.25) is 9.69 Å². The fourth-order valence-corrected chi connectivity index (χ4v) is 5.40. The SMILES string of the molecule is CC1c2ccccc2CCN1CC(=O)N1CC2CCC(C1)N2c1ccc(C#N)cn1. The first kappa shape index (κ1) is 19.1. The Labute approximate surface area is 177 Å². The lowest BCUT2D eigenvalue weighted by atomic mass is 9.93. The molecule has 2 bridgehead atoms. The van der Waals surface area contributed by atoms with Gasteiger partial charge in [0.15, 0.2) is 0 Å². The maximum absolute atomic E-state index is 13.2. The number of anilines is 1. The zero-order valence-electron chi connectivity index (χ0n) is 17.4. The quantitative estimate of drug-likeness (QED) is 0.791. The molecular formula is C24H27N5O. The van der Waals surface area contributed by atoms with E-state index in [1.54, 1.807) is 6.20 Å². The van der Waals surface area contributed by atoms with E-state index in [0.29, 0.717) is 24.2 Å². The maximum Gasteiger partial charge on any atom is 0.236 e. The average Bonchev–Trinajstić information content (AvgIpc) is 3.04. The summed E-state index contributed by atoms with van der Waals surface area (Å²) >= 11 is 0. The van der Waals surface area contributed by atoms with E-state index in [9.17, 15) is 4.79 Å². The lowest BCUT2D eigenvalue weighted by Crippen LogP contribution is -2.57. The Kier molecular flexibility index (Phi) is 4.92. The Hall–Kier alpha value is -2.91. The van der Waals surface area contributed by atoms with Crippen molar-refractivity contribution in [1.29, 1.82) is 5.26 Å². The van der Waals surface area contributed by atoms with Gasteiger partial charge in [0.1, 0.15) is 11.9 Å². The molecule has 0 spiro atoms. The number of aromatic nitrogens is 1. The molecule has 0 radical (unpaired) electrons. The number of hydrogen-bond acceptors (Lipinski definition) is 5. The number of carbonyl (C=O) groups excluding carboxylic acids is 1. The Balaban J connectivity index is 1.25. The number of likely N-dealkylation sites (tertiary alicyclic amines) is 1. The number of benzene rings is 1. The minimum Gasteiger partial charge on any atom is -0.347 e. The van der Waals surface area contributed by atoms with Crippen LogP contribution in [-0.2, 0) is 11.2 Å². The molecule has 0 N–H and O–H groups in total. The molecule has 3 unspecified atom stereocenters. The van der Waals surface area contributed by atoms with Crippen LogP contribution in [0.1, 0.15) is 42.5 Å². The summed E-state index contributed by atoms with van der Waals surface area (Å²) in [6, 6.07) is 15.4. The van der Waals surface area contributed by atoms with Crippen molar-refractivity contribution < 1.29 is 4.79 Å². The molecule has 3 atom stereocenters. The summed E-state index contributed by atoms with van der Waals surface area (Å²) in [4.78, 5) is 24.4. The van der Waals surface area contributed by atoms with Crippen LogP contribution in [0.2, 0.25) is 0 Å². The molecular weight excluding hydrogens is 374 g/mol. The van der Waals surface area contributed by atoms with Gasteiger partial charge < -0.3 is 9.80 Å². The van der Waals surface area contributed by atoms with E-state index in [-0.39, 0.29) is 11.9 Å². The zero-order chi connectivity index (χ0) is 20.7. The number of pyridine rings is 1. The zero-order valence-corrected chi connectivity index (χ0v) is 17.4. The molecule has 6 nitrogen and oxygen atoms in total. The lowest BCUT2D eigenvalue weighted by molar-refractivity contribution is -0.134. The van der Waals surface area contributed by atoms with Crippen molar-refractivity contribution in [2.75, 3.05) is 31.1 Å². The van der Waals surface area contributed by atoms with Crippen molar-refractivity contribution in [2.24, 2.45) is 0 Å². The van der Waals surface area contributed by atoms with Gasteiger partial charge in [0.05, 0.1) is 12.1 Å². The van der Waals surface area contributed by atoms with Crippen LogP contribution in [-0.4, -0.2) is 59.0 Å². The maximum atomic E-state index is 13.2. The summed E-state index contributed by atoms with van der Waals surface area (Å²) in [6.45, 7) is 5.16. The first-order chi connectivity index (χ1) is 14.6. The molecule has 0 saturated carbocycles. The highest BCUT2D eigenvalue weighted by atomic mass is 16.2. The second-order valence-electron chi connectivity index (χ2n) is 8.70. The molecule has 1 amide bonds. The molecule has 6 heteroatoms. The highest BCUT2D eigenvalue weighted by Crippen LogP contribution is 2.34. The van der Waals surface area contributed by atoms with Crippen LogP contribution in [0.3, 0.4) is 0 Å².